The first-order chi connectivity index (χ1) is 12.8. The van der Waals surface area contributed by atoms with Crippen molar-refractivity contribution in [1.82, 2.24) is 10.6 Å². The topological polar surface area (TPSA) is 70.2 Å². The molecular formula is C19H20F3N3O2. The first kappa shape index (κ1) is 20.3. The highest BCUT2D eigenvalue weighted by Gasteiger charge is 2.30. The Kier molecular flexibility index (Phi) is 6.81. The fraction of sp³-hybridized carbons (Fsp3) is 0.263. The summed E-state index contributed by atoms with van der Waals surface area (Å²) in [7, 11) is 0. The summed E-state index contributed by atoms with van der Waals surface area (Å²) in [6.07, 6.45) is -4.43. The Morgan fingerprint density at radius 2 is 1.74 bits per heavy atom. The highest BCUT2D eigenvalue weighted by Crippen LogP contribution is 2.30. The van der Waals surface area contributed by atoms with Crippen molar-refractivity contribution in [2.75, 3.05) is 11.9 Å². The molecule has 5 nitrogen and oxygen atoms in total. The third kappa shape index (κ3) is 6.65. The van der Waals surface area contributed by atoms with Crippen LogP contribution in [0.3, 0.4) is 0 Å². The van der Waals surface area contributed by atoms with E-state index in [0.29, 0.717) is 11.3 Å². The molecule has 3 amide bonds. The number of carbonyl (C=O) groups excluding carboxylic acids is 2. The van der Waals surface area contributed by atoms with Gasteiger partial charge in [0.25, 0.3) is 0 Å². The highest BCUT2D eigenvalue weighted by molar-refractivity contribution is 5.89. The molecule has 0 unspecified atom stereocenters. The molecule has 0 aliphatic carbocycles. The van der Waals surface area contributed by atoms with Gasteiger partial charge in [0.1, 0.15) is 0 Å². The molecule has 2 aromatic rings. The fourth-order valence-corrected chi connectivity index (χ4v) is 2.37. The van der Waals surface area contributed by atoms with Gasteiger partial charge in [-0.15, -0.1) is 0 Å². The van der Waals surface area contributed by atoms with Crippen LogP contribution in [-0.4, -0.2) is 18.5 Å². The Bertz CT molecular complexity index is 779. The number of carbonyl (C=O) groups is 2. The van der Waals surface area contributed by atoms with Crippen molar-refractivity contribution in [1.29, 1.82) is 0 Å². The summed E-state index contributed by atoms with van der Waals surface area (Å²) in [4.78, 5) is 23.7. The second kappa shape index (κ2) is 9.07. The second-order valence-corrected chi connectivity index (χ2v) is 5.91. The van der Waals surface area contributed by atoms with E-state index in [1.165, 1.54) is 12.1 Å². The van der Waals surface area contributed by atoms with Gasteiger partial charge in [-0.05, 0) is 36.8 Å². The molecule has 3 N–H and O–H groups in total. The van der Waals surface area contributed by atoms with Crippen molar-refractivity contribution >= 4 is 17.6 Å². The maximum absolute atomic E-state index is 12.8. The number of para-hydroxylation sites is 1. The Labute approximate surface area is 155 Å². The maximum atomic E-state index is 12.8. The van der Waals surface area contributed by atoms with Crippen LogP contribution in [0, 0.1) is 0 Å². The van der Waals surface area contributed by atoms with Crippen LogP contribution in [0.25, 0.3) is 0 Å². The molecule has 27 heavy (non-hydrogen) atoms. The summed E-state index contributed by atoms with van der Waals surface area (Å²) in [5, 5.41) is 7.78. The SMILES string of the molecule is C[C@@H](NC(=O)CCNC(=O)Nc1ccccc1)c1cccc(C(F)(F)F)c1. The number of anilines is 1. The number of halogens is 3. The van der Waals surface area contributed by atoms with E-state index in [0.717, 1.165) is 12.1 Å². The van der Waals surface area contributed by atoms with Gasteiger partial charge in [0.05, 0.1) is 11.6 Å². The predicted octanol–water partition coefficient (Wildman–Crippen LogP) is 4.09. The van der Waals surface area contributed by atoms with Gasteiger partial charge in [-0.3, -0.25) is 4.79 Å². The van der Waals surface area contributed by atoms with Gasteiger partial charge in [0, 0.05) is 18.7 Å². The Hall–Kier alpha value is -3.03. The molecule has 0 aliphatic rings. The zero-order valence-corrected chi connectivity index (χ0v) is 14.6. The number of hydrogen-bond acceptors (Lipinski definition) is 2. The second-order valence-electron chi connectivity index (χ2n) is 5.91. The van der Waals surface area contributed by atoms with Crippen molar-refractivity contribution in [3.8, 4) is 0 Å². The third-order valence-corrected chi connectivity index (χ3v) is 3.76. The lowest BCUT2D eigenvalue weighted by Gasteiger charge is -2.16. The average Bonchev–Trinajstić information content (AvgIpc) is 2.62. The molecule has 8 heteroatoms. The number of rotatable bonds is 6. The minimum atomic E-state index is -4.43. The molecule has 0 heterocycles. The summed E-state index contributed by atoms with van der Waals surface area (Å²) in [5.74, 6) is -0.375. The van der Waals surface area contributed by atoms with Crippen LogP contribution in [-0.2, 0) is 11.0 Å². The summed E-state index contributed by atoms with van der Waals surface area (Å²) in [6, 6.07) is 12.6. The number of amides is 3. The summed E-state index contributed by atoms with van der Waals surface area (Å²) in [5.41, 5.74) is 0.214. The minimum Gasteiger partial charge on any atom is -0.350 e. The van der Waals surface area contributed by atoms with Gasteiger partial charge in [0.15, 0.2) is 0 Å². The monoisotopic (exact) mass is 379 g/mol. The molecule has 0 fully saturated rings. The summed E-state index contributed by atoms with van der Waals surface area (Å²) >= 11 is 0. The third-order valence-electron chi connectivity index (χ3n) is 3.76. The van der Waals surface area contributed by atoms with Crippen LogP contribution < -0.4 is 16.0 Å². The molecule has 0 spiro atoms. The average molecular weight is 379 g/mol. The predicted molar refractivity (Wildman–Crippen MR) is 96.1 cm³/mol. The van der Waals surface area contributed by atoms with Crippen LogP contribution in [0.15, 0.2) is 54.6 Å². The first-order valence-electron chi connectivity index (χ1n) is 8.32. The standard InChI is InChI=1S/C19H20F3N3O2/c1-13(14-6-5-7-15(12-14)19(20,21)22)24-17(26)10-11-23-18(27)25-16-8-3-2-4-9-16/h2-9,12-13H,10-11H2,1H3,(H,24,26)(H2,23,25,27)/t13-/m1/s1. The van der Waals surface area contributed by atoms with E-state index in [-0.39, 0.29) is 18.9 Å². The summed E-state index contributed by atoms with van der Waals surface area (Å²) < 4.78 is 38.3. The van der Waals surface area contributed by atoms with Crippen LogP contribution >= 0.6 is 0 Å². The van der Waals surface area contributed by atoms with E-state index in [1.54, 1.807) is 31.2 Å². The van der Waals surface area contributed by atoms with Crippen molar-refractivity contribution in [3.05, 3.63) is 65.7 Å². The van der Waals surface area contributed by atoms with Crippen molar-refractivity contribution in [2.45, 2.75) is 25.6 Å². The molecular weight excluding hydrogens is 359 g/mol. The zero-order valence-electron chi connectivity index (χ0n) is 14.6. The fourth-order valence-electron chi connectivity index (χ4n) is 2.37. The molecule has 0 saturated carbocycles. The van der Waals surface area contributed by atoms with Crippen LogP contribution in [0.1, 0.15) is 30.5 Å². The van der Waals surface area contributed by atoms with Gasteiger partial charge in [-0.1, -0.05) is 30.3 Å². The Morgan fingerprint density at radius 1 is 1.04 bits per heavy atom. The van der Waals surface area contributed by atoms with Crippen LogP contribution in [0.4, 0.5) is 23.7 Å². The van der Waals surface area contributed by atoms with E-state index in [9.17, 15) is 22.8 Å². The lowest BCUT2D eigenvalue weighted by Crippen LogP contribution is -2.34. The number of hydrogen-bond donors (Lipinski definition) is 3. The number of nitrogens with one attached hydrogen (secondary N) is 3. The van der Waals surface area contributed by atoms with Gasteiger partial charge in [-0.25, -0.2) is 4.79 Å². The lowest BCUT2D eigenvalue weighted by molar-refractivity contribution is -0.137. The zero-order chi connectivity index (χ0) is 19.9. The van der Waals surface area contributed by atoms with Crippen LogP contribution in [0.2, 0.25) is 0 Å². The molecule has 1 atom stereocenters. The molecule has 0 bridgehead atoms. The van der Waals surface area contributed by atoms with Crippen molar-refractivity contribution in [3.63, 3.8) is 0 Å². The van der Waals surface area contributed by atoms with Gasteiger partial charge >= 0.3 is 12.2 Å². The normalized spacial score (nSPS) is 12.1. The molecule has 0 aliphatic heterocycles. The largest absolute Gasteiger partial charge is 0.416 e. The Balaban J connectivity index is 1.77. The highest BCUT2D eigenvalue weighted by atomic mass is 19.4. The number of benzene rings is 2. The molecule has 0 aromatic heterocycles. The molecule has 144 valence electrons. The molecule has 2 rings (SSSR count). The number of urea groups is 1. The van der Waals surface area contributed by atoms with Crippen LogP contribution in [0.5, 0.6) is 0 Å². The lowest BCUT2D eigenvalue weighted by atomic mass is 10.0. The van der Waals surface area contributed by atoms with Gasteiger partial charge in [-0.2, -0.15) is 13.2 Å². The van der Waals surface area contributed by atoms with E-state index in [4.69, 9.17) is 0 Å². The van der Waals surface area contributed by atoms with E-state index in [2.05, 4.69) is 16.0 Å². The minimum absolute atomic E-state index is 0.00547. The molecule has 0 radical (unpaired) electrons. The smallest absolute Gasteiger partial charge is 0.350 e. The van der Waals surface area contributed by atoms with E-state index in [1.807, 2.05) is 6.07 Å². The van der Waals surface area contributed by atoms with E-state index >= 15 is 0 Å². The van der Waals surface area contributed by atoms with Crippen molar-refractivity contribution < 1.29 is 22.8 Å². The maximum Gasteiger partial charge on any atom is 0.416 e. The van der Waals surface area contributed by atoms with Gasteiger partial charge < -0.3 is 16.0 Å². The Morgan fingerprint density at radius 3 is 2.41 bits per heavy atom. The van der Waals surface area contributed by atoms with E-state index < -0.39 is 23.8 Å². The quantitative estimate of drug-likeness (QED) is 0.707. The molecule has 0 saturated heterocycles. The van der Waals surface area contributed by atoms with Crippen molar-refractivity contribution in [2.24, 2.45) is 0 Å². The van der Waals surface area contributed by atoms with Gasteiger partial charge in [0.2, 0.25) is 5.91 Å². The summed E-state index contributed by atoms with van der Waals surface area (Å²) in [6.45, 7) is 1.70. The number of alkyl halides is 3. The molecule has 2 aromatic carbocycles. The first-order valence-corrected chi connectivity index (χ1v) is 8.32.